The number of rotatable bonds is 6. The Kier molecular flexibility index (Phi) is 6.66. The van der Waals surface area contributed by atoms with Crippen LogP contribution < -0.4 is 10.2 Å². The van der Waals surface area contributed by atoms with Gasteiger partial charge in [-0.05, 0) is 67.8 Å². The molecule has 0 aliphatic carbocycles. The van der Waals surface area contributed by atoms with E-state index in [4.69, 9.17) is 4.74 Å². The molecule has 4 aromatic rings. The molecule has 1 fully saturated rings. The number of fused-ring (bicyclic) bond motifs is 1. The van der Waals surface area contributed by atoms with Crippen LogP contribution in [0, 0.1) is 0 Å². The standard InChI is InChI=1S/C28H26N4O3/c33-27(30-21-10-12-22(13-11-21)32-15-4-1-5-16-32)19-35-28(34)24-17-26(20-7-6-14-29-18-20)31-25-9-3-2-8-23(24)25/h2-3,6-14,17-18H,1,4-5,15-16,19H2,(H,30,33). The first-order chi connectivity index (χ1) is 17.2. The number of ether oxygens (including phenoxy) is 1. The van der Waals surface area contributed by atoms with Gasteiger partial charge in [-0.3, -0.25) is 9.78 Å². The lowest BCUT2D eigenvalue weighted by Crippen LogP contribution is -2.29. The minimum Gasteiger partial charge on any atom is -0.452 e. The Morgan fingerprint density at radius 2 is 1.74 bits per heavy atom. The van der Waals surface area contributed by atoms with E-state index in [0.29, 0.717) is 27.8 Å². The summed E-state index contributed by atoms with van der Waals surface area (Å²) < 4.78 is 5.38. The van der Waals surface area contributed by atoms with Gasteiger partial charge < -0.3 is 15.0 Å². The molecule has 176 valence electrons. The summed E-state index contributed by atoms with van der Waals surface area (Å²) in [6.07, 6.45) is 7.07. The predicted octanol–water partition coefficient (Wildman–Crippen LogP) is 5.08. The molecule has 35 heavy (non-hydrogen) atoms. The van der Waals surface area contributed by atoms with Crippen LogP contribution in [0.25, 0.3) is 22.2 Å². The zero-order chi connectivity index (χ0) is 24.0. The molecule has 7 nitrogen and oxygen atoms in total. The van der Waals surface area contributed by atoms with Crippen molar-refractivity contribution in [2.24, 2.45) is 0 Å². The Bertz CT molecular complexity index is 1330. The van der Waals surface area contributed by atoms with Crippen LogP contribution in [0.1, 0.15) is 29.6 Å². The van der Waals surface area contributed by atoms with Crippen LogP contribution in [-0.4, -0.2) is 41.5 Å². The van der Waals surface area contributed by atoms with Crippen LogP contribution in [0.5, 0.6) is 0 Å². The van der Waals surface area contributed by atoms with E-state index in [1.807, 2.05) is 60.7 Å². The predicted molar refractivity (Wildman–Crippen MR) is 136 cm³/mol. The summed E-state index contributed by atoms with van der Waals surface area (Å²) in [4.78, 5) is 36.6. The highest BCUT2D eigenvalue weighted by Crippen LogP contribution is 2.25. The van der Waals surface area contributed by atoms with E-state index >= 15 is 0 Å². The number of benzene rings is 2. The van der Waals surface area contributed by atoms with Crippen molar-refractivity contribution in [1.82, 2.24) is 9.97 Å². The van der Waals surface area contributed by atoms with Crippen molar-refractivity contribution in [3.05, 3.63) is 84.7 Å². The average Bonchev–Trinajstić information content (AvgIpc) is 2.92. The lowest BCUT2D eigenvalue weighted by molar-refractivity contribution is -0.119. The highest BCUT2D eigenvalue weighted by molar-refractivity contribution is 6.05. The van der Waals surface area contributed by atoms with Crippen LogP contribution in [0.3, 0.4) is 0 Å². The molecule has 3 heterocycles. The van der Waals surface area contributed by atoms with Crippen molar-refractivity contribution in [2.75, 3.05) is 29.9 Å². The van der Waals surface area contributed by atoms with Crippen LogP contribution >= 0.6 is 0 Å². The molecule has 0 saturated carbocycles. The summed E-state index contributed by atoms with van der Waals surface area (Å²) in [5.41, 5.74) is 4.25. The zero-order valence-electron chi connectivity index (χ0n) is 19.3. The molecule has 2 aromatic heterocycles. The SMILES string of the molecule is O=C(COC(=O)c1cc(-c2cccnc2)nc2ccccc12)Nc1ccc(N2CCCCC2)cc1. The van der Waals surface area contributed by atoms with Crippen molar-refractivity contribution in [3.63, 3.8) is 0 Å². The number of esters is 1. The van der Waals surface area contributed by atoms with Crippen molar-refractivity contribution in [1.29, 1.82) is 0 Å². The molecular weight excluding hydrogens is 440 g/mol. The van der Waals surface area contributed by atoms with Crippen LogP contribution in [-0.2, 0) is 9.53 Å². The van der Waals surface area contributed by atoms with E-state index in [0.717, 1.165) is 24.3 Å². The largest absolute Gasteiger partial charge is 0.452 e. The topological polar surface area (TPSA) is 84.4 Å². The third-order valence-electron chi connectivity index (χ3n) is 6.10. The van der Waals surface area contributed by atoms with Crippen molar-refractivity contribution >= 4 is 34.2 Å². The Morgan fingerprint density at radius 3 is 2.51 bits per heavy atom. The molecule has 1 aliphatic heterocycles. The summed E-state index contributed by atoms with van der Waals surface area (Å²) in [7, 11) is 0. The Balaban J connectivity index is 1.26. The van der Waals surface area contributed by atoms with E-state index in [9.17, 15) is 9.59 Å². The summed E-state index contributed by atoms with van der Waals surface area (Å²) in [6, 6.07) is 20.5. The number of nitrogens with zero attached hydrogens (tertiary/aromatic N) is 3. The van der Waals surface area contributed by atoms with E-state index < -0.39 is 11.9 Å². The monoisotopic (exact) mass is 466 g/mol. The maximum Gasteiger partial charge on any atom is 0.339 e. The Hall–Kier alpha value is -4.26. The summed E-state index contributed by atoms with van der Waals surface area (Å²) in [6.45, 7) is 1.74. The van der Waals surface area contributed by atoms with Crippen LogP contribution in [0.4, 0.5) is 11.4 Å². The average molecular weight is 467 g/mol. The molecular formula is C28H26N4O3. The van der Waals surface area contributed by atoms with Gasteiger partial charge in [-0.15, -0.1) is 0 Å². The number of nitrogens with one attached hydrogen (secondary N) is 1. The third-order valence-corrected chi connectivity index (χ3v) is 6.10. The highest BCUT2D eigenvalue weighted by atomic mass is 16.5. The van der Waals surface area contributed by atoms with Gasteiger partial charge in [0.15, 0.2) is 6.61 Å². The number of hydrogen-bond donors (Lipinski definition) is 1. The molecule has 0 bridgehead atoms. The summed E-state index contributed by atoms with van der Waals surface area (Å²) in [5.74, 6) is -0.973. The van der Waals surface area contributed by atoms with Gasteiger partial charge >= 0.3 is 5.97 Å². The number of carbonyl (C=O) groups is 2. The van der Waals surface area contributed by atoms with Crippen molar-refractivity contribution in [3.8, 4) is 11.3 Å². The molecule has 7 heteroatoms. The first-order valence-electron chi connectivity index (χ1n) is 11.8. The van der Waals surface area contributed by atoms with Gasteiger partial charge in [-0.1, -0.05) is 18.2 Å². The quantitative estimate of drug-likeness (QED) is 0.399. The second-order valence-corrected chi connectivity index (χ2v) is 8.53. The van der Waals surface area contributed by atoms with Crippen molar-refractivity contribution in [2.45, 2.75) is 19.3 Å². The van der Waals surface area contributed by atoms with Gasteiger partial charge in [0.1, 0.15) is 0 Å². The molecule has 0 atom stereocenters. The Morgan fingerprint density at radius 1 is 0.943 bits per heavy atom. The fourth-order valence-corrected chi connectivity index (χ4v) is 4.32. The first kappa shape index (κ1) is 22.5. The lowest BCUT2D eigenvalue weighted by atomic mass is 10.1. The van der Waals surface area contributed by atoms with Crippen molar-refractivity contribution < 1.29 is 14.3 Å². The minimum absolute atomic E-state index is 0.355. The molecule has 0 spiro atoms. The van der Waals surface area contributed by atoms with Gasteiger partial charge in [0, 0.05) is 47.8 Å². The number of anilines is 2. The fourth-order valence-electron chi connectivity index (χ4n) is 4.32. The molecule has 0 radical (unpaired) electrons. The van der Waals surface area contributed by atoms with Gasteiger partial charge in [0.05, 0.1) is 16.8 Å². The maximum atomic E-state index is 13.0. The minimum atomic E-state index is -0.579. The van der Waals surface area contributed by atoms with E-state index in [-0.39, 0.29) is 6.61 Å². The van der Waals surface area contributed by atoms with Crippen LogP contribution in [0.2, 0.25) is 0 Å². The van der Waals surface area contributed by atoms with Gasteiger partial charge in [0.25, 0.3) is 5.91 Å². The van der Waals surface area contributed by atoms with E-state index in [1.54, 1.807) is 18.5 Å². The summed E-state index contributed by atoms with van der Waals surface area (Å²) in [5, 5.41) is 3.46. The van der Waals surface area contributed by atoms with E-state index in [1.165, 1.54) is 19.3 Å². The number of piperidine rings is 1. The molecule has 1 N–H and O–H groups in total. The lowest BCUT2D eigenvalue weighted by Gasteiger charge is -2.28. The van der Waals surface area contributed by atoms with Gasteiger partial charge in [-0.2, -0.15) is 0 Å². The number of aromatic nitrogens is 2. The second kappa shape index (κ2) is 10.3. The van der Waals surface area contributed by atoms with Gasteiger partial charge in [-0.25, -0.2) is 9.78 Å². The number of hydrogen-bond acceptors (Lipinski definition) is 6. The first-order valence-corrected chi connectivity index (χ1v) is 11.8. The molecule has 1 amide bonds. The number of amides is 1. The molecule has 1 saturated heterocycles. The normalized spacial score (nSPS) is 13.4. The molecule has 1 aliphatic rings. The van der Waals surface area contributed by atoms with Gasteiger partial charge in [0.2, 0.25) is 0 Å². The Labute approximate surface area is 203 Å². The third kappa shape index (κ3) is 5.30. The fraction of sp³-hybridized carbons (Fsp3) is 0.214. The maximum absolute atomic E-state index is 13.0. The molecule has 2 aromatic carbocycles. The second-order valence-electron chi connectivity index (χ2n) is 8.53. The van der Waals surface area contributed by atoms with Crippen LogP contribution in [0.15, 0.2) is 79.1 Å². The number of pyridine rings is 2. The number of para-hydroxylation sites is 1. The summed E-state index contributed by atoms with van der Waals surface area (Å²) >= 11 is 0. The van der Waals surface area contributed by atoms with E-state index in [2.05, 4.69) is 20.2 Å². The molecule has 0 unspecified atom stereocenters. The smallest absolute Gasteiger partial charge is 0.339 e. The molecule has 5 rings (SSSR count). The number of carbonyl (C=O) groups excluding carboxylic acids is 2. The highest BCUT2D eigenvalue weighted by Gasteiger charge is 2.17. The zero-order valence-corrected chi connectivity index (χ0v) is 19.3.